The predicted octanol–water partition coefficient (Wildman–Crippen LogP) is 7.38. The van der Waals surface area contributed by atoms with Crippen LogP contribution in [0, 0.1) is 0 Å². The molecule has 13 heteroatoms. The van der Waals surface area contributed by atoms with Crippen LogP contribution >= 0.6 is 11.6 Å². The van der Waals surface area contributed by atoms with E-state index < -0.39 is 23.5 Å². The molecule has 2 N–H and O–H groups in total. The maximum atomic E-state index is 13.6. The number of halogens is 7. The molecule has 0 amide bonds. The molecule has 0 bridgehead atoms. The fourth-order valence-electron chi connectivity index (χ4n) is 7.33. The molecule has 1 atom stereocenters. The van der Waals surface area contributed by atoms with E-state index in [0.717, 1.165) is 68.6 Å². The smallest absolute Gasteiger partial charge is 0.416 e. The van der Waals surface area contributed by atoms with Crippen LogP contribution < -0.4 is 30.3 Å². The normalized spacial score (nSPS) is 18.1. The van der Waals surface area contributed by atoms with E-state index in [4.69, 9.17) is 21.1 Å². The highest BCUT2D eigenvalue weighted by Gasteiger charge is 2.38. The number of aromatic nitrogens is 1. The second-order valence-corrected chi connectivity index (χ2v) is 13.7. The number of aromatic amines is 1. The van der Waals surface area contributed by atoms with E-state index in [0.29, 0.717) is 37.6 Å². The third-order valence-corrected chi connectivity index (χ3v) is 10.2. The van der Waals surface area contributed by atoms with E-state index in [1.807, 2.05) is 24.3 Å². The second kappa shape index (κ2) is 14.2. The number of anilines is 1. The monoisotopic (exact) mass is 742 g/mol. The molecule has 274 valence electrons. The summed E-state index contributed by atoms with van der Waals surface area (Å²) in [6.45, 7) is 2.75. The number of benzene rings is 3. The molecule has 1 saturated heterocycles. The summed E-state index contributed by atoms with van der Waals surface area (Å²) in [4.78, 5) is 7.43. The number of alkyl halides is 6. The van der Waals surface area contributed by atoms with Gasteiger partial charge in [-0.2, -0.15) is 26.3 Å². The van der Waals surface area contributed by atoms with E-state index in [9.17, 15) is 26.3 Å². The van der Waals surface area contributed by atoms with E-state index in [-0.39, 0.29) is 30.9 Å². The average molecular weight is 743 g/mol. The van der Waals surface area contributed by atoms with Crippen molar-refractivity contribution in [1.82, 2.24) is 15.2 Å². The Kier molecular flexibility index (Phi) is 9.83. The number of nitrogens with zero attached hydrogens (tertiary/aromatic N) is 2. The Bertz CT molecular complexity index is 2100. The molecule has 3 heterocycles. The van der Waals surface area contributed by atoms with Crippen molar-refractivity contribution in [1.29, 1.82) is 0 Å². The van der Waals surface area contributed by atoms with Crippen molar-refractivity contribution in [3.63, 3.8) is 0 Å². The summed E-state index contributed by atoms with van der Waals surface area (Å²) in [5.41, 5.74) is 3.59. The molecule has 1 aliphatic carbocycles. The summed E-state index contributed by atoms with van der Waals surface area (Å²) < 4.78 is 92.4. The first-order valence-electron chi connectivity index (χ1n) is 16.9. The fourth-order valence-corrected chi connectivity index (χ4v) is 7.47. The Morgan fingerprint density at radius 1 is 0.808 bits per heavy atom. The number of H-pyrrole nitrogens is 1. The molecule has 0 radical (unpaired) electrons. The molecule has 3 aliphatic rings. The standard InChI is InChI=1S/C39H37ClF6N4O2/c1-51-34-8-3-24(18-35(34)52-2)25-15-23(16-26(17-25)36-37-32(9-10-47-36)31-6-4-29(40)5-7-33(31)48-37)22-49-11-13-50(14-12-49)30-20-27(38(41,42)43)19-28(21-30)39(44,45)46/h3-4,6-8,15-21,36,47-48H,5,9-14,22H2,1-2H3. The second-order valence-electron chi connectivity index (χ2n) is 13.2. The van der Waals surface area contributed by atoms with Gasteiger partial charge in [-0.1, -0.05) is 35.9 Å². The van der Waals surface area contributed by atoms with Crippen LogP contribution in [0.25, 0.3) is 23.3 Å². The number of ether oxygens (including phenoxy) is 2. The molecule has 6 nitrogen and oxygen atoms in total. The lowest BCUT2D eigenvalue weighted by molar-refractivity contribution is -0.143. The van der Waals surface area contributed by atoms with E-state index in [2.05, 4.69) is 45.6 Å². The number of fused-ring (bicyclic) bond motifs is 3. The van der Waals surface area contributed by atoms with Gasteiger partial charge in [0.25, 0.3) is 0 Å². The highest BCUT2D eigenvalue weighted by Crippen LogP contribution is 2.39. The van der Waals surface area contributed by atoms with Crippen LogP contribution in [0.5, 0.6) is 11.5 Å². The van der Waals surface area contributed by atoms with Gasteiger partial charge in [-0.05, 0) is 82.8 Å². The van der Waals surface area contributed by atoms with Crippen molar-refractivity contribution < 1.29 is 35.8 Å². The highest BCUT2D eigenvalue weighted by molar-refractivity contribution is 6.30. The zero-order valence-corrected chi connectivity index (χ0v) is 29.3. The highest BCUT2D eigenvalue weighted by atomic mass is 35.5. The molecule has 2 aliphatic heterocycles. The number of hydrogen-bond donors (Lipinski definition) is 2. The molecule has 1 aromatic heterocycles. The Labute approximate surface area is 302 Å². The molecule has 1 fully saturated rings. The van der Waals surface area contributed by atoms with Gasteiger partial charge in [0.2, 0.25) is 0 Å². The Morgan fingerprint density at radius 2 is 1.52 bits per heavy atom. The first-order chi connectivity index (χ1) is 24.8. The Balaban J connectivity index is 1.20. The number of rotatable bonds is 7. The van der Waals surface area contributed by atoms with Crippen molar-refractivity contribution in [3.05, 3.63) is 110 Å². The predicted molar refractivity (Wildman–Crippen MR) is 190 cm³/mol. The third-order valence-electron chi connectivity index (χ3n) is 9.94. The van der Waals surface area contributed by atoms with E-state index >= 15 is 0 Å². The van der Waals surface area contributed by atoms with Gasteiger partial charge in [-0.25, -0.2) is 0 Å². The Hall–Kier alpha value is -4.39. The van der Waals surface area contributed by atoms with Gasteiger partial charge in [0.1, 0.15) is 0 Å². The van der Waals surface area contributed by atoms with Crippen molar-refractivity contribution in [2.45, 2.75) is 37.8 Å². The van der Waals surface area contributed by atoms with Crippen molar-refractivity contribution >= 4 is 29.4 Å². The van der Waals surface area contributed by atoms with Crippen LogP contribution in [0.4, 0.5) is 32.0 Å². The number of piperazine rings is 1. The van der Waals surface area contributed by atoms with Crippen LogP contribution in [-0.2, 0) is 25.3 Å². The maximum Gasteiger partial charge on any atom is 0.416 e. The van der Waals surface area contributed by atoms with Gasteiger partial charge in [0.05, 0.1) is 31.4 Å². The minimum atomic E-state index is -4.90. The van der Waals surface area contributed by atoms with Crippen LogP contribution in [-0.4, -0.2) is 56.8 Å². The van der Waals surface area contributed by atoms with Gasteiger partial charge in [-0.15, -0.1) is 0 Å². The van der Waals surface area contributed by atoms with Crippen LogP contribution in [0.1, 0.15) is 46.0 Å². The summed E-state index contributed by atoms with van der Waals surface area (Å²) in [5, 5.41) is 6.67. The van der Waals surface area contributed by atoms with E-state index in [1.165, 1.54) is 5.56 Å². The topological polar surface area (TPSA) is 52.8 Å². The zero-order valence-electron chi connectivity index (χ0n) is 28.5. The number of methoxy groups -OCH3 is 2. The zero-order chi connectivity index (χ0) is 36.8. The van der Waals surface area contributed by atoms with Crippen LogP contribution in [0.15, 0.2) is 65.7 Å². The van der Waals surface area contributed by atoms with Gasteiger partial charge in [-0.3, -0.25) is 4.90 Å². The first kappa shape index (κ1) is 36.0. The molecule has 0 spiro atoms. The summed E-state index contributed by atoms with van der Waals surface area (Å²) in [5.74, 6) is 1.20. The molecule has 3 aromatic carbocycles. The number of hydrogen-bond acceptors (Lipinski definition) is 5. The summed E-state index contributed by atoms with van der Waals surface area (Å²) in [6.07, 6.45) is -2.16. The SMILES string of the molecule is COc1ccc(-c2cc(CN3CCN(c4cc(C(F)(F)F)cc(C(F)(F)F)c4)CC3)cc(C3NCCc4c3[nH]c3c4=CC=C(Cl)CC=3)c2)cc1OC. The molecular weight excluding hydrogens is 706 g/mol. The van der Waals surface area contributed by atoms with Crippen LogP contribution in [0.3, 0.4) is 0 Å². The number of allylic oxidation sites excluding steroid dienone is 2. The van der Waals surface area contributed by atoms with Gasteiger partial charge in [0, 0.05) is 72.7 Å². The quantitative estimate of drug-likeness (QED) is 0.194. The van der Waals surface area contributed by atoms with Crippen molar-refractivity contribution in [2.75, 3.05) is 51.8 Å². The maximum absolute atomic E-state index is 13.6. The minimum absolute atomic E-state index is 0.0877. The van der Waals surface area contributed by atoms with Crippen molar-refractivity contribution in [3.8, 4) is 22.6 Å². The largest absolute Gasteiger partial charge is 0.493 e. The van der Waals surface area contributed by atoms with Crippen LogP contribution in [0.2, 0.25) is 0 Å². The summed E-state index contributed by atoms with van der Waals surface area (Å²) >= 11 is 6.34. The van der Waals surface area contributed by atoms with Gasteiger partial charge >= 0.3 is 12.4 Å². The molecular formula is C39H37ClF6N4O2. The summed E-state index contributed by atoms with van der Waals surface area (Å²) in [7, 11) is 3.17. The third kappa shape index (κ3) is 7.42. The Morgan fingerprint density at radius 3 is 2.19 bits per heavy atom. The average Bonchev–Trinajstić information content (AvgIpc) is 3.39. The molecule has 52 heavy (non-hydrogen) atoms. The fraction of sp³-hybridized carbons (Fsp3) is 0.333. The molecule has 1 unspecified atom stereocenters. The first-order valence-corrected chi connectivity index (χ1v) is 17.3. The van der Waals surface area contributed by atoms with E-state index in [1.54, 1.807) is 19.1 Å². The number of nitrogens with one attached hydrogen (secondary N) is 2. The molecule has 4 aromatic rings. The lowest BCUT2D eigenvalue weighted by atomic mass is 9.91. The van der Waals surface area contributed by atoms with Gasteiger partial charge < -0.3 is 24.7 Å². The van der Waals surface area contributed by atoms with Gasteiger partial charge in [0.15, 0.2) is 11.5 Å². The molecule has 7 rings (SSSR count). The lowest BCUT2D eigenvalue weighted by Crippen LogP contribution is -2.46. The van der Waals surface area contributed by atoms with Crippen molar-refractivity contribution in [2.24, 2.45) is 0 Å². The summed E-state index contributed by atoms with van der Waals surface area (Å²) in [6, 6.07) is 13.9. The minimum Gasteiger partial charge on any atom is -0.493 e. The lowest BCUT2D eigenvalue weighted by Gasteiger charge is -2.37. The molecule has 0 saturated carbocycles.